The minimum Gasteiger partial charge on any atom is -0.375 e. The minimum absolute atomic E-state index is 0.647. The van der Waals surface area contributed by atoms with Crippen LogP contribution in [0.25, 0.3) is 0 Å². The lowest BCUT2D eigenvalue weighted by Gasteiger charge is -2.01. The van der Waals surface area contributed by atoms with Gasteiger partial charge < -0.3 is 5.73 Å². The van der Waals surface area contributed by atoms with E-state index in [1.165, 1.54) is 22.5 Å². The van der Waals surface area contributed by atoms with Crippen LogP contribution in [0.1, 0.15) is 16.8 Å². The molecule has 1 heterocycles. The number of nitrogens with zero attached hydrogens (tertiary/aromatic N) is 1. The van der Waals surface area contributed by atoms with Gasteiger partial charge in [-0.2, -0.15) is 0 Å². The standard InChI is InChI=1S/C11H12N2S/c1-8-4-2-3-5-9(8)6-10-7-14-11(12)13-10/h2-5,7H,6H2,1H3,(H2,12,13). The molecule has 0 amide bonds. The Kier molecular flexibility index (Phi) is 2.50. The van der Waals surface area contributed by atoms with Crippen LogP contribution in [-0.2, 0) is 6.42 Å². The van der Waals surface area contributed by atoms with E-state index in [9.17, 15) is 0 Å². The van der Waals surface area contributed by atoms with Crippen LogP contribution in [0.4, 0.5) is 5.13 Å². The lowest BCUT2D eigenvalue weighted by atomic mass is 10.1. The summed E-state index contributed by atoms with van der Waals surface area (Å²) in [5, 5.41) is 2.66. The maximum Gasteiger partial charge on any atom is 0.180 e. The number of aryl methyl sites for hydroxylation is 1. The van der Waals surface area contributed by atoms with Crippen molar-refractivity contribution in [3.63, 3.8) is 0 Å². The lowest BCUT2D eigenvalue weighted by Crippen LogP contribution is -1.92. The van der Waals surface area contributed by atoms with Crippen LogP contribution in [-0.4, -0.2) is 4.98 Å². The Morgan fingerprint density at radius 2 is 2.14 bits per heavy atom. The van der Waals surface area contributed by atoms with Crippen molar-refractivity contribution in [2.45, 2.75) is 13.3 Å². The first-order chi connectivity index (χ1) is 6.75. The Labute approximate surface area is 87.4 Å². The summed E-state index contributed by atoms with van der Waals surface area (Å²) in [6.45, 7) is 2.12. The number of thiazole rings is 1. The van der Waals surface area contributed by atoms with E-state index in [1.54, 1.807) is 0 Å². The van der Waals surface area contributed by atoms with Crippen LogP contribution < -0.4 is 5.73 Å². The van der Waals surface area contributed by atoms with Crippen LogP contribution in [0.15, 0.2) is 29.6 Å². The molecule has 0 atom stereocenters. The van der Waals surface area contributed by atoms with Gasteiger partial charge in [0.15, 0.2) is 5.13 Å². The van der Waals surface area contributed by atoms with Gasteiger partial charge in [-0.05, 0) is 18.1 Å². The van der Waals surface area contributed by atoms with E-state index in [4.69, 9.17) is 5.73 Å². The zero-order chi connectivity index (χ0) is 9.97. The highest BCUT2D eigenvalue weighted by molar-refractivity contribution is 7.13. The zero-order valence-electron chi connectivity index (χ0n) is 8.03. The predicted octanol–water partition coefficient (Wildman–Crippen LogP) is 2.62. The van der Waals surface area contributed by atoms with E-state index < -0.39 is 0 Å². The van der Waals surface area contributed by atoms with Gasteiger partial charge in [0.05, 0.1) is 5.69 Å². The van der Waals surface area contributed by atoms with E-state index in [1.807, 2.05) is 11.4 Å². The summed E-state index contributed by atoms with van der Waals surface area (Å²) in [7, 11) is 0. The fraction of sp³-hybridized carbons (Fsp3) is 0.182. The van der Waals surface area contributed by atoms with Crippen molar-refractivity contribution in [3.8, 4) is 0 Å². The van der Waals surface area contributed by atoms with Gasteiger partial charge in [0.25, 0.3) is 0 Å². The summed E-state index contributed by atoms with van der Waals surface area (Å²) < 4.78 is 0. The molecule has 0 unspecified atom stereocenters. The third kappa shape index (κ3) is 1.93. The third-order valence-electron chi connectivity index (χ3n) is 2.20. The molecular weight excluding hydrogens is 192 g/mol. The minimum atomic E-state index is 0.647. The van der Waals surface area contributed by atoms with E-state index in [-0.39, 0.29) is 0 Å². The van der Waals surface area contributed by atoms with Gasteiger partial charge in [-0.25, -0.2) is 4.98 Å². The Balaban J connectivity index is 2.23. The molecule has 14 heavy (non-hydrogen) atoms. The highest BCUT2D eigenvalue weighted by atomic mass is 32.1. The summed E-state index contributed by atoms with van der Waals surface area (Å²) >= 11 is 1.50. The summed E-state index contributed by atoms with van der Waals surface area (Å²) in [5.74, 6) is 0. The second-order valence-corrected chi connectivity index (χ2v) is 4.17. The zero-order valence-corrected chi connectivity index (χ0v) is 8.84. The van der Waals surface area contributed by atoms with Crippen molar-refractivity contribution in [2.24, 2.45) is 0 Å². The maximum atomic E-state index is 5.58. The molecule has 0 saturated heterocycles. The highest BCUT2D eigenvalue weighted by Gasteiger charge is 2.02. The van der Waals surface area contributed by atoms with Crippen molar-refractivity contribution in [3.05, 3.63) is 46.5 Å². The molecule has 0 aliphatic heterocycles. The molecule has 1 aromatic carbocycles. The van der Waals surface area contributed by atoms with Crippen molar-refractivity contribution >= 4 is 16.5 Å². The molecule has 0 radical (unpaired) electrons. The quantitative estimate of drug-likeness (QED) is 0.816. The Hall–Kier alpha value is -1.35. The summed E-state index contributed by atoms with van der Waals surface area (Å²) in [6, 6.07) is 8.35. The number of hydrogen-bond donors (Lipinski definition) is 1. The SMILES string of the molecule is Cc1ccccc1Cc1csc(N)n1. The normalized spacial score (nSPS) is 10.4. The van der Waals surface area contributed by atoms with Gasteiger partial charge >= 0.3 is 0 Å². The van der Waals surface area contributed by atoms with Gasteiger partial charge in [-0.1, -0.05) is 24.3 Å². The van der Waals surface area contributed by atoms with E-state index >= 15 is 0 Å². The topological polar surface area (TPSA) is 38.9 Å². The fourth-order valence-electron chi connectivity index (χ4n) is 1.41. The van der Waals surface area contributed by atoms with Crippen molar-refractivity contribution in [2.75, 3.05) is 5.73 Å². The van der Waals surface area contributed by atoms with Crippen molar-refractivity contribution in [1.82, 2.24) is 4.98 Å². The average molecular weight is 204 g/mol. The number of rotatable bonds is 2. The maximum absolute atomic E-state index is 5.58. The first-order valence-electron chi connectivity index (χ1n) is 4.50. The summed E-state index contributed by atoms with van der Waals surface area (Å²) in [4.78, 5) is 4.24. The molecular formula is C11H12N2S. The van der Waals surface area contributed by atoms with Gasteiger partial charge in [0.1, 0.15) is 0 Å². The molecule has 0 saturated carbocycles. The Morgan fingerprint density at radius 3 is 2.79 bits per heavy atom. The molecule has 2 N–H and O–H groups in total. The molecule has 3 heteroatoms. The van der Waals surface area contributed by atoms with Crippen molar-refractivity contribution < 1.29 is 0 Å². The van der Waals surface area contributed by atoms with Crippen LogP contribution in [0.3, 0.4) is 0 Å². The average Bonchev–Trinajstić information content (AvgIpc) is 2.56. The first kappa shape index (κ1) is 9.21. The number of benzene rings is 1. The van der Waals surface area contributed by atoms with Crippen LogP contribution in [0.5, 0.6) is 0 Å². The number of aromatic nitrogens is 1. The van der Waals surface area contributed by atoms with Crippen molar-refractivity contribution in [1.29, 1.82) is 0 Å². The molecule has 72 valence electrons. The fourth-order valence-corrected chi connectivity index (χ4v) is 1.97. The summed E-state index contributed by atoms with van der Waals surface area (Å²) in [5.41, 5.74) is 9.26. The molecule has 0 spiro atoms. The van der Waals surface area contributed by atoms with Gasteiger partial charge in [0, 0.05) is 11.8 Å². The van der Waals surface area contributed by atoms with E-state index in [0.717, 1.165) is 12.1 Å². The number of anilines is 1. The first-order valence-corrected chi connectivity index (χ1v) is 5.38. The molecule has 0 fully saturated rings. The Bertz CT molecular complexity index is 434. The number of nitrogen functional groups attached to an aromatic ring is 1. The second-order valence-electron chi connectivity index (χ2n) is 3.28. The van der Waals surface area contributed by atoms with Crippen LogP contribution in [0, 0.1) is 6.92 Å². The monoisotopic (exact) mass is 204 g/mol. The third-order valence-corrected chi connectivity index (χ3v) is 2.93. The largest absolute Gasteiger partial charge is 0.375 e. The second kappa shape index (κ2) is 3.80. The molecule has 0 bridgehead atoms. The molecule has 1 aromatic heterocycles. The number of hydrogen-bond acceptors (Lipinski definition) is 3. The number of nitrogens with two attached hydrogens (primary N) is 1. The molecule has 2 rings (SSSR count). The van der Waals surface area contributed by atoms with Gasteiger partial charge in [-0.15, -0.1) is 11.3 Å². The lowest BCUT2D eigenvalue weighted by molar-refractivity contribution is 1.09. The van der Waals surface area contributed by atoms with E-state index in [0.29, 0.717) is 5.13 Å². The van der Waals surface area contributed by atoms with E-state index in [2.05, 4.69) is 30.1 Å². The molecule has 2 nitrogen and oxygen atoms in total. The summed E-state index contributed by atoms with van der Waals surface area (Å²) in [6.07, 6.45) is 0.875. The van der Waals surface area contributed by atoms with Crippen LogP contribution in [0.2, 0.25) is 0 Å². The van der Waals surface area contributed by atoms with Crippen LogP contribution >= 0.6 is 11.3 Å². The predicted molar refractivity (Wildman–Crippen MR) is 60.5 cm³/mol. The van der Waals surface area contributed by atoms with Gasteiger partial charge in [0.2, 0.25) is 0 Å². The van der Waals surface area contributed by atoms with Gasteiger partial charge in [-0.3, -0.25) is 0 Å². The Morgan fingerprint density at radius 1 is 1.36 bits per heavy atom. The molecule has 0 aliphatic rings. The highest BCUT2D eigenvalue weighted by Crippen LogP contribution is 2.16. The molecule has 0 aliphatic carbocycles. The smallest absolute Gasteiger partial charge is 0.180 e. The molecule has 2 aromatic rings.